The van der Waals surface area contributed by atoms with Gasteiger partial charge < -0.3 is 14.7 Å². The molecule has 1 heterocycles. The molecule has 0 bridgehead atoms. The average Bonchev–Trinajstić information content (AvgIpc) is 2.24. The Bertz CT molecular complexity index is 259. The molecule has 84 valence electrons. The highest BCUT2D eigenvalue weighted by molar-refractivity contribution is 5.76. The van der Waals surface area contributed by atoms with Gasteiger partial charge in [-0.2, -0.15) is 0 Å². The second-order valence-electron chi connectivity index (χ2n) is 3.75. The summed E-state index contributed by atoms with van der Waals surface area (Å²) in [6.45, 7) is 2.89. The predicted octanol–water partition coefficient (Wildman–Crippen LogP) is 0.00800. The van der Waals surface area contributed by atoms with Gasteiger partial charge in [0.1, 0.15) is 0 Å². The molecule has 0 aromatic carbocycles. The number of aliphatic hydroxyl groups is 1. The van der Waals surface area contributed by atoms with Crippen LogP contribution < -0.4 is 0 Å². The van der Waals surface area contributed by atoms with E-state index in [0.29, 0.717) is 25.9 Å². The quantitative estimate of drug-likeness (QED) is 0.669. The molecule has 2 unspecified atom stereocenters. The zero-order valence-electron chi connectivity index (χ0n) is 8.98. The minimum atomic E-state index is -0.261. The van der Waals surface area contributed by atoms with Crippen LogP contribution in [0.1, 0.15) is 19.8 Å². The lowest BCUT2D eigenvalue weighted by Crippen LogP contribution is -2.50. The van der Waals surface area contributed by atoms with E-state index < -0.39 is 0 Å². The molecule has 15 heavy (non-hydrogen) atoms. The Kier molecular flexibility index (Phi) is 4.60. The van der Waals surface area contributed by atoms with Gasteiger partial charge in [0, 0.05) is 25.9 Å². The minimum absolute atomic E-state index is 0.0225. The molecule has 4 heteroatoms. The fraction of sp³-hybridized carbons (Fsp3) is 0.727. The van der Waals surface area contributed by atoms with Crippen LogP contribution in [0.4, 0.5) is 0 Å². The number of aliphatic hydroxyl groups excluding tert-OH is 1. The van der Waals surface area contributed by atoms with Gasteiger partial charge in [0.25, 0.3) is 0 Å². The highest BCUT2D eigenvalue weighted by Crippen LogP contribution is 2.12. The highest BCUT2D eigenvalue weighted by atomic mass is 16.5. The van der Waals surface area contributed by atoms with Crippen molar-refractivity contribution in [3.05, 3.63) is 0 Å². The first-order valence-electron chi connectivity index (χ1n) is 5.15. The molecule has 2 atom stereocenters. The van der Waals surface area contributed by atoms with Crippen LogP contribution in [0.5, 0.6) is 0 Å². The SMILES string of the molecule is C#CCCC(=O)N1CC(C)OC(CO)C1. The number of ether oxygens (including phenoxy) is 1. The fourth-order valence-corrected chi connectivity index (χ4v) is 1.69. The molecule has 1 aliphatic heterocycles. The van der Waals surface area contributed by atoms with Gasteiger partial charge in [-0.1, -0.05) is 0 Å². The second kappa shape index (κ2) is 5.74. The number of hydrogen-bond donors (Lipinski definition) is 1. The van der Waals surface area contributed by atoms with E-state index in [1.165, 1.54) is 0 Å². The summed E-state index contributed by atoms with van der Waals surface area (Å²) >= 11 is 0. The Morgan fingerprint density at radius 1 is 1.67 bits per heavy atom. The van der Waals surface area contributed by atoms with Gasteiger partial charge in [0.05, 0.1) is 18.8 Å². The maximum absolute atomic E-state index is 11.7. The highest BCUT2D eigenvalue weighted by Gasteiger charge is 2.27. The molecular formula is C11H17NO3. The summed E-state index contributed by atoms with van der Waals surface area (Å²) in [6.07, 6.45) is 5.66. The summed E-state index contributed by atoms with van der Waals surface area (Å²) < 4.78 is 5.44. The van der Waals surface area contributed by atoms with Crippen molar-refractivity contribution < 1.29 is 14.6 Å². The molecule has 0 saturated carbocycles. The van der Waals surface area contributed by atoms with E-state index in [1.54, 1.807) is 4.90 Å². The van der Waals surface area contributed by atoms with Crippen molar-refractivity contribution in [2.75, 3.05) is 19.7 Å². The Hall–Kier alpha value is -1.05. The van der Waals surface area contributed by atoms with Crippen molar-refractivity contribution in [1.82, 2.24) is 4.90 Å². The van der Waals surface area contributed by atoms with E-state index in [1.807, 2.05) is 6.92 Å². The number of hydrogen-bond acceptors (Lipinski definition) is 3. The molecule has 0 aliphatic carbocycles. The Morgan fingerprint density at radius 3 is 3.00 bits per heavy atom. The third kappa shape index (κ3) is 3.54. The summed E-state index contributed by atoms with van der Waals surface area (Å²) in [6, 6.07) is 0. The molecule has 1 amide bonds. The van der Waals surface area contributed by atoms with Gasteiger partial charge in [-0.25, -0.2) is 0 Å². The van der Waals surface area contributed by atoms with Gasteiger partial charge in [0.2, 0.25) is 5.91 Å². The van der Waals surface area contributed by atoms with Crippen LogP contribution >= 0.6 is 0 Å². The van der Waals surface area contributed by atoms with Crippen molar-refractivity contribution in [2.45, 2.75) is 32.0 Å². The standard InChI is InChI=1S/C11H17NO3/c1-3-4-5-11(14)12-6-9(2)15-10(7-12)8-13/h1,9-10,13H,4-8H2,2H3. The zero-order valence-corrected chi connectivity index (χ0v) is 8.98. The summed E-state index contributed by atoms with van der Waals surface area (Å²) in [5.41, 5.74) is 0. The molecular weight excluding hydrogens is 194 g/mol. The first-order chi connectivity index (χ1) is 7.17. The zero-order chi connectivity index (χ0) is 11.3. The van der Waals surface area contributed by atoms with Crippen molar-refractivity contribution in [1.29, 1.82) is 0 Å². The molecule has 1 rings (SSSR count). The first kappa shape index (κ1) is 12.0. The third-order valence-electron chi connectivity index (χ3n) is 2.37. The van der Waals surface area contributed by atoms with Crippen LogP contribution in [-0.2, 0) is 9.53 Å². The maximum atomic E-state index is 11.7. The lowest BCUT2D eigenvalue weighted by Gasteiger charge is -2.36. The Labute approximate surface area is 90.2 Å². The van der Waals surface area contributed by atoms with Gasteiger partial charge in [-0.05, 0) is 6.92 Å². The van der Waals surface area contributed by atoms with Crippen LogP contribution in [0, 0.1) is 12.3 Å². The molecule has 0 radical (unpaired) electrons. The topological polar surface area (TPSA) is 49.8 Å². The number of morpholine rings is 1. The Morgan fingerprint density at radius 2 is 2.40 bits per heavy atom. The van der Waals surface area contributed by atoms with E-state index in [0.717, 1.165) is 0 Å². The first-order valence-corrected chi connectivity index (χ1v) is 5.15. The van der Waals surface area contributed by atoms with E-state index in [9.17, 15) is 4.79 Å². The lowest BCUT2D eigenvalue weighted by atomic mass is 10.2. The van der Waals surface area contributed by atoms with Gasteiger partial charge in [0.15, 0.2) is 0 Å². The summed E-state index contributed by atoms with van der Waals surface area (Å²) in [5.74, 6) is 2.49. The largest absolute Gasteiger partial charge is 0.394 e. The number of rotatable bonds is 3. The lowest BCUT2D eigenvalue weighted by molar-refractivity contribution is -0.147. The van der Waals surface area contributed by atoms with Crippen LogP contribution in [-0.4, -0.2) is 47.8 Å². The van der Waals surface area contributed by atoms with Crippen LogP contribution in [0.3, 0.4) is 0 Å². The predicted molar refractivity (Wildman–Crippen MR) is 56.1 cm³/mol. The monoisotopic (exact) mass is 211 g/mol. The van der Waals surface area contributed by atoms with Crippen molar-refractivity contribution in [3.8, 4) is 12.3 Å². The number of terminal acetylenes is 1. The molecule has 0 aromatic rings. The van der Waals surface area contributed by atoms with Gasteiger partial charge >= 0.3 is 0 Å². The number of amides is 1. The Balaban J connectivity index is 2.47. The normalized spacial score (nSPS) is 26.1. The molecule has 4 nitrogen and oxygen atoms in total. The van der Waals surface area contributed by atoms with Crippen molar-refractivity contribution in [3.63, 3.8) is 0 Å². The molecule has 1 fully saturated rings. The fourth-order valence-electron chi connectivity index (χ4n) is 1.69. The molecule has 0 spiro atoms. The molecule has 1 aliphatic rings. The van der Waals surface area contributed by atoms with Crippen LogP contribution in [0.25, 0.3) is 0 Å². The van der Waals surface area contributed by atoms with Crippen LogP contribution in [0.2, 0.25) is 0 Å². The van der Waals surface area contributed by atoms with Crippen LogP contribution in [0.15, 0.2) is 0 Å². The van der Waals surface area contributed by atoms with E-state index >= 15 is 0 Å². The van der Waals surface area contributed by atoms with Gasteiger partial charge in [-0.3, -0.25) is 4.79 Å². The van der Waals surface area contributed by atoms with Crippen molar-refractivity contribution >= 4 is 5.91 Å². The number of nitrogens with zero attached hydrogens (tertiary/aromatic N) is 1. The van der Waals surface area contributed by atoms with Gasteiger partial charge in [-0.15, -0.1) is 12.3 Å². The second-order valence-corrected chi connectivity index (χ2v) is 3.75. The maximum Gasteiger partial charge on any atom is 0.223 e. The summed E-state index contributed by atoms with van der Waals surface area (Å²) in [5, 5.41) is 8.99. The third-order valence-corrected chi connectivity index (χ3v) is 2.37. The molecule has 1 saturated heterocycles. The smallest absolute Gasteiger partial charge is 0.223 e. The number of carbonyl (C=O) groups excluding carboxylic acids is 1. The summed E-state index contributed by atoms with van der Waals surface area (Å²) in [7, 11) is 0. The van der Waals surface area contributed by atoms with E-state index in [2.05, 4.69) is 5.92 Å². The van der Waals surface area contributed by atoms with E-state index in [-0.39, 0.29) is 24.7 Å². The molecule has 1 N–H and O–H groups in total. The minimum Gasteiger partial charge on any atom is -0.394 e. The molecule has 0 aromatic heterocycles. The van der Waals surface area contributed by atoms with Crippen molar-refractivity contribution in [2.24, 2.45) is 0 Å². The summed E-state index contributed by atoms with van der Waals surface area (Å²) in [4.78, 5) is 13.4. The average molecular weight is 211 g/mol. The number of carbonyl (C=O) groups is 1. The van der Waals surface area contributed by atoms with E-state index in [4.69, 9.17) is 16.3 Å².